The second-order valence-corrected chi connectivity index (χ2v) is 11.7. The van der Waals surface area contributed by atoms with E-state index < -0.39 is 23.4 Å². The molecule has 0 N–H and O–H groups in total. The van der Waals surface area contributed by atoms with Gasteiger partial charge in [-0.1, -0.05) is 26.7 Å². The Bertz CT molecular complexity index is 485. The van der Waals surface area contributed by atoms with Crippen molar-refractivity contribution in [2.24, 2.45) is 11.8 Å². The lowest BCUT2D eigenvalue weighted by atomic mass is 10.1. The van der Waals surface area contributed by atoms with Crippen molar-refractivity contribution in [2.75, 3.05) is 53.0 Å². The molecule has 0 aromatic carbocycles. The van der Waals surface area contributed by atoms with Crippen LogP contribution in [0.4, 0.5) is 0 Å². The van der Waals surface area contributed by atoms with Crippen LogP contribution in [0.2, 0.25) is 0 Å². The molecule has 0 rings (SSSR count). The molecule has 0 aliphatic heterocycles. The second kappa shape index (κ2) is 15.3. The molecule has 28 heavy (non-hydrogen) atoms. The molecule has 0 radical (unpaired) electrons. The molecule has 0 spiro atoms. The summed E-state index contributed by atoms with van der Waals surface area (Å²) in [6, 6.07) is 0. The van der Waals surface area contributed by atoms with Gasteiger partial charge in [0.05, 0.1) is 38.8 Å². The predicted molar refractivity (Wildman–Crippen MR) is 111 cm³/mol. The highest BCUT2D eigenvalue weighted by atomic mass is 31.2. The Hall–Kier alpha value is 0.450. The van der Waals surface area contributed by atoms with Crippen LogP contribution in [0.5, 0.6) is 0 Å². The van der Waals surface area contributed by atoms with E-state index in [1.165, 1.54) is 14.2 Å². The van der Waals surface area contributed by atoms with Crippen LogP contribution in [0.1, 0.15) is 40.5 Å². The molecule has 0 amide bonds. The van der Waals surface area contributed by atoms with Gasteiger partial charge in [-0.3, -0.25) is 13.7 Å². The monoisotopic (exact) mass is 466 g/mol. The molecular weight excluding hydrogens is 429 g/mol. The molecule has 12 heteroatoms. The number of rotatable bonds is 18. The van der Waals surface area contributed by atoms with E-state index in [1.807, 2.05) is 13.8 Å². The highest BCUT2D eigenvalue weighted by molar-refractivity contribution is 7.54. The van der Waals surface area contributed by atoms with Crippen LogP contribution in [0.3, 0.4) is 0 Å². The number of hydrogen-bond donors (Lipinski definition) is 0. The maximum absolute atomic E-state index is 12.4. The maximum atomic E-state index is 12.4. The van der Waals surface area contributed by atoms with Crippen molar-refractivity contribution in [3.63, 3.8) is 0 Å². The molecule has 0 fully saturated rings. The van der Waals surface area contributed by atoms with Crippen molar-refractivity contribution < 1.29 is 40.8 Å². The molecule has 0 aliphatic rings. The minimum absolute atomic E-state index is 0.126. The SMILES string of the molecule is CCOP(=O)(CC(CC)CO[PH](=O)OCC(CC)CP(=O)(OC)OCC)OC. The van der Waals surface area contributed by atoms with Crippen LogP contribution in [0.15, 0.2) is 0 Å². The fraction of sp³-hybridized carbons (Fsp3) is 1.00. The third-order valence-corrected chi connectivity index (χ3v) is 9.35. The Morgan fingerprint density at radius 2 is 1.11 bits per heavy atom. The Morgan fingerprint density at radius 3 is 1.36 bits per heavy atom. The quantitative estimate of drug-likeness (QED) is 0.252. The van der Waals surface area contributed by atoms with E-state index in [-0.39, 0.29) is 50.6 Å². The molecule has 0 aromatic rings. The smallest absolute Gasteiger partial charge is 0.312 e. The van der Waals surface area contributed by atoms with Gasteiger partial charge in [-0.05, 0) is 25.7 Å². The molecule has 0 heterocycles. The predicted octanol–water partition coefficient (Wildman–Crippen LogP) is 5.21. The second-order valence-electron chi connectivity index (χ2n) is 6.21. The van der Waals surface area contributed by atoms with E-state index in [9.17, 15) is 13.7 Å². The summed E-state index contributed by atoms with van der Waals surface area (Å²) >= 11 is 0. The minimum Gasteiger partial charge on any atom is -0.312 e. The standard InChI is InChI=1S/C16H37O9P3/c1-7-15(13-27(18,20-5)24-9-3)11-22-26(17)23-12-16(8-2)14-28(19,21-6)25-10-4/h15-16,26H,7-14H2,1-6H3. The van der Waals surface area contributed by atoms with Gasteiger partial charge < -0.3 is 27.1 Å². The topological polar surface area (TPSA) is 107 Å². The zero-order valence-corrected chi connectivity index (χ0v) is 20.7. The first-order valence-electron chi connectivity index (χ1n) is 9.59. The fourth-order valence-electron chi connectivity index (χ4n) is 2.40. The molecule has 9 nitrogen and oxygen atoms in total. The summed E-state index contributed by atoms with van der Waals surface area (Å²) in [5.74, 6) is -0.271. The van der Waals surface area contributed by atoms with Crippen molar-refractivity contribution in [1.82, 2.24) is 0 Å². The van der Waals surface area contributed by atoms with Gasteiger partial charge in [-0.2, -0.15) is 0 Å². The Morgan fingerprint density at radius 1 is 0.750 bits per heavy atom. The molecule has 0 aliphatic carbocycles. The van der Waals surface area contributed by atoms with Gasteiger partial charge in [-0.15, -0.1) is 0 Å². The Balaban J connectivity index is 4.51. The van der Waals surface area contributed by atoms with E-state index in [1.54, 1.807) is 13.8 Å². The summed E-state index contributed by atoms with van der Waals surface area (Å²) in [6.45, 7) is 8.15. The molecule has 4 atom stereocenters. The normalized spacial score (nSPS) is 19.5. The van der Waals surface area contributed by atoms with E-state index in [2.05, 4.69) is 0 Å². The van der Waals surface area contributed by atoms with Gasteiger partial charge in [0.25, 0.3) is 0 Å². The summed E-state index contributed by atoms with van der Waals surface area (Å²) in [5.41, 5.74) is 0. The summed E-state index contributed by atoms with van der Waals surface area (Å²) in [6.07, 6.45) is 1.70. The summed E-state index contributed by atoms with van der Waals surface area (Å²) in [4.78, 5) is 0. The van der Waals surface area contributed by atoms with E-state index in [0.717, 1.165) is 0 Å². The molecule has 0 saturated heterocycles. The van der Waals surface area contributed by atoms with Gasteiger partial charge >= 0.3 is 23.4 Å². The highest BCUT2D eigenvalue weighted by Gasteiger charge is 2.29. The third kappa shape index (κ3) is 11.6. The molecule has 170 valence electrons. The lowest BCUT2D eigenvalue weighted by molar-refractivity contribution is 0.173. The summed E-state index contributed by atoms with van der Waals surface area (Å²) < 4.78 is 68.0. The fourth-order valence-corrected chi connectivity index (χ4v) is 6.72. The van der Waals surface area contributed by atoms with Gasteiger partial charge in [0, 0.05) is 14.2 Å². The average Bonchev–Trinajstić information content (AvgIpc) is 2.68. The minimum atomic E-state index is -3.17. The first kappa shape index (κ1) is 28.5. The summed E-state index contributed by atoms with van der Waals surface area (Å²) in [7, 11) is -6.39. The third-order valence-electron chi connectivity index (χ3n) is 4.20. The van der Waals surface area contributed by atoms with Crippen LogP contribution in [-0.4, -0.2) is 53.0 Å². The first-order valence-corrected chi connectivity index (χ1v) is 14.3. The highest BCUT2D eigenvalue weighted by Crippen LogP contribution is 2.50. The molecule has 0 aromatic heterocycles. The van der Waals surface area contributed by atoms with Crippen molar-refractivity contribution in [3.8, 4) is 0 Å². The van der Waals surface area contributed by atoms with Crippen molar-refractivity contribution in [2.45, 2.75) is 40.5 Å². The number of hydrogen-bond acceptors (Lipinski definition) is 9. The maximum Gasteiger partial charge on any atom is 0.330 e. The molecule has 0 saturated carbocycles. The average molecular weight is 466 g/mol. The van der Waals surface area contributed by atoms with Gasteiger partial charge in [0.15, 0.2) is 0 Å². The van der Waals surface area contributed by atoms with E-state index in [4.69, 9.17) is 27.1 Å². The van der Waals surface area contributed by atoms with Crippen LogP contribution in [0.25, 0.3) is 0 Å². The van der Waals surface area contributed by atoms with Crippen molar-refractivity contribution >= 4 is 23.4 Å². The van der Waals surface area contributed by atoms with Crippen molar-refractivity contribution in [1.29, 1.82) is 0 Å². The zero-order valence-electron chi connectivity index (χ0n) is 17.9. The summed E-state index contributed by atoms with van der Waals surface area (Å²) in [5, 5.41) is 0. The van der Waals surface area contributed by atoms with Gasteiger partial charge in [0.2, 0.25) is 0 Å². The van der Waals surface area contributed by atoms with Gasteiger partial charge in [-0.25, -0.2) is 0 Å². The van der Waals surface area contributed by atoms with E-state index in [0.29, 0.717) is 12.8 Å². The Kier molecular flexibility index (Phi) is 15.5. The van der Waals surface area contributed by atoms with Crippen LogP contribution in [-0.2, 0) is 40.8 Å². The molecule has 0 bridgehead atoms. The van der Waals surface area contributed by atoms with Crippen LogP contribution in [0, 0.1) is 11.8 Å². The zero-order chi connectivity index (χ0) is 21.6. The lowest BCUT2D eigenvalue weighted by Crippen LogP contribution is -2.15. The molecular formula is C16H37O9P3. The Labute approximate surface area is 170 Å². The first-order chi connectivity index (χ1) is 13.2. The van der Waals surface area contributed by atoms with Crippen LogP contribution < -0.4 is 0 Å². The van der Waals surface area contributed by atoms with Crippen LogP contribution >= 0.6 is 23.4 Å². The lowest BCUT2D eigenvalue weighted by Gasteiger charge is -2.22. The van der Waals surface area contributed by atoms with Gasteiger partial charge in [0.1, 0.15) is 0 Å². The van der Waals surface area contributed by atoms with E-state index >= 15 is 0 Å². The van der Waals surface area contributed by atoms with Crippen molar-refractivity contribution in [3.05, 3.63) is 0 Å². The largest absolute Gasteiger partial charge is 0.330 e. The molecule has 4 unspecified atom stereocenters.